The van der Waals surface area contributed by atoms with Gasteiger partial charge in [-0.2, -0.15) is 0 Å². The van der Waals surface area contributed by atoms with Crippen molar-refractivity contribution in [3.8, 4) is 0 Å². The zero-order chi connectivity index (χ0) is 15.3. The van der Waals surface area contributed by atoms with E-state index in [1.807, 2.05) is 0 Å². The molecule has 2 unspecified atom stereocenters. The quantitative estimate of drug-likeness (QED) is 0.564. The van der Waals surface area contributed by atoms with E-state index in [9.17, 15) is 15.0 Å². The highest BCUT2D eigenvalue weighted by molar-refractivity contribution is 5.89. The Morgan fingerprint density at radius 1 is 1.10 bits per heavy atom. The van der Waals surface area contributed by atoms with Crippen LogP contribution in [0.2, 0.25) is 0 Å². The number of hydrogen-bond acceptors (Lipinski definition) is 5. The van der Waals surface area contributed by atoms with Crippen LogP contribution in [-0.4, -0.2) is 28.8 Å². The van der Waals surface area contributed by atoms with Crippen LogP contribution in [0.3, 0.4) is 0 Å². The average Bonchev–Trinajstić information content (AvgIpc) is 2.55. The lowest BCUT2D eigenvalue weighted by Gasteiger charge is -2.32. The van der Waals surface area contributed by atoms with Gasteiger partial charge in [0.1, 0.15) is 0 Å². The third-order valence-corrected chi connectivity index (χ3v) is 3.14. The summed E-state index contributed by atoms with van der Waals surface area (Å²) >= 11 is 0. The van der Waals surface area contributed by atoms with E-state index < -0.39 is 24.4 Å². The molecule has 0 fully saturated rings. The lowest BCUT2D eigenvalue weighted by Crippen LogP contribution is -2.50. The highest BCUT2D eigenvalue weighted by Gasteiger charge is 2.40. The van der Waals surface area contributed by atoms with Crippen molar-refractivity contribution in [2.75, 3.05) is 6.61 Å². The van der Waals surface area contributed by atoms with Gasteiger partial charge in [-0.3, -0.25) is 0 Å². The highest BCUT2D eigenvalue weighted by Crippen LogP contribution is 2.27. The fourth-order valence-corrected chi connectivity index (χ4v) is 1.92. The molecular formula is C16H17NO4. The molecule has 4 N–H and O–H groups in total. The Morgan fingerprint density at radius 2 is 1.62 bits per heavy atom. The van der Waals surface area contributed by atoms with Gasteiger partial charge in [0.25, 0.3) is 5.79 Å². The number of aliphatic hydroxyl groups is 2. The Hall–Kier alpha value is -2.21. The fraction of sp³-hybridized carbons (Fsp3) is 0.188. The summed E-state index contributed by atoms with van der Waals surface area (Å²) in [6.07, 6.45) is 0. The number of nitrogens with two attached hydrogens (primary N) is 1. The van der Waals surface area contributed by atoms with Crippen molar-refractivity contribution >= 4 is 5.97 Å². The second-order valence-corrected chi connectivity index (χ2v) is 4.61. The van der Waals surface area contributed by atoms with Crippen molar-refractivity contribution < 1.29 is 19.7 Å². The first-order valence-electron chi connectivity index (χ1n) is 6.50. The minimum atomic E-state index is -2.09. The summed E-state index contributed by atoms with van der Waals surface area (Å²) in [5.41, 5.74) is 6.32. The van der Waals surface area contributed by atoms with E-state index in [0.717, 1.165) is 0 Å². The Bertz CT molecular complexity index is 588. The molecule has 0 heterocycles. The van der Waals surface area contributed by atoms with Crippen LogP contribution in [0, 0.1) is 0 Å². The molecule has 5 nitrogen and oxygen atoms in total. The number of carbonyl (C=O) groups excluding carboxylic acids is 1. The molecule has 110 valence electrons. The summed E-state index contributed by atoms with van der Waals surface area (Å²) in [5, 5.41) is 19.9. The first-order valence-corrected chi connectivity index (χ1v) is 6.50. The molecule has 5 heteroatoms. The summed E-state index contributed by atoms with van der Waals surface area (Å²) < 4.78 is 5.19. The average molecular weight is 287 g/mol. The van der Waals surface area contributed by atoms with Gasteiger partial charge in [0.15, 0.2) is 0 Å². The summed E-state index contributed by atoms with van der Waals surface area (Å²) in [6.45, 7) is -0.534. The monoisotopic (exact) mass is 287 g/mol. The topological polar surface area (TPSA) is 92.8 Å². The van der Waals surface area contributed by atoms with Gasteiger partial charge in [-0.25, -0.2) is 4.79 Å². The van der Waals surface area contributed by atoms with Gasteiger partial charge in [-0.1, -0.05) is 48.5 Å². The normalized spacial score (nSPS) is 15.0. The van der Waals surface area contributed by atoms with Gasteiger partial charge >= 0.3 is 5.97 Å². The van der Waals surface area contributed by atoms with E-state index in [1.54, 1.807) is 60.7 Å². The van der Waals surface area contributed by atoms with Crippen LogP contribution >= 0.6 is 0 Å². The molecule has 0 amide bonds. The second-order valence-electron chi connectivity index (χ2n) is 4.61. The molecular weight excluding hydrogens is 270 g/mol. The van der Waals surface area contributed by atoms with Crippen LogP contribution in [0.15, 0.2) is 60.7 Å². The molecule has 0 saturated heterocycles. The molecule has 0 bridgehead atoms. The van der Waals surface area contributed by atoms with E-state index >= 15 is 0 Å². The molecule has 0 aromatic heterocycles. The van der Waals surface area contributed by atoms with Crippen LogP contribution in [0.5, 0.6) is 0 Å². The number of rotatable bonds is 5. The summed E-state index contributed by atoms with van der Waals surface area (Å²) in [7, 11) is 0. The Kier molecular flexibility index (Phi) is 4.70. The van der Waals surface area contributed by atoms with Crippen LogP contribution in [0.25, 0.3) is 0 Å². The lowest BCUT2D eigenvalue weighted by molar-refractivity contribution is -0.194. The molecule has 2 atom stereocenters. The van der Waals surface area contributed by atoms with Crippen LogP contribution in [0.4, 0.5) is 0 Å². The van der Waals surface area contributed by atoms with E-state index in [0.29, 0.717) is 5.56 Å². The van der Waals surface area contributed by atoms with Crippen molar-refractivity contribution in [2.45, 2.75) is 11.8 Å². The van der Waals surface area contributed by atoms with Gasteiger partial charge in [0, 0.05) is 5.56 Å². The van der Waals surface area contributed by atoms with E-state index in [2.05, 4.69) is 0 Å². The minimum absolute atomic E-state index is 0.289. The predicted octanol–water partition coefficient (Wildman–Crippen LogP) is 1.01. The molecule has 2 aromatic rings. The maximum absolute atomic E-state index is 12.1. The molecule has 2 aromatic carbocycles. The molecule has 0 spiro atoms. The van der Waals surface area contributed by atoms with E-state index in [-0.39, 0.29) is 5.56 Å². The number of ether oxygens (including phenoxy) is 1. The van der Waals surface area contributed by atoms with Gasteiger partial charge in [-0.15, -0.1) is 0 Å². The molecule has 2 rings (SSSR count). The number of aliphatic hydroxyl groups excluding tert-OH is 1. The zero-order valence-electron chi connectivity index (χ0n) is 11.3. The molecule has 0 radical (unpaired) electrons. The number of esters is 1. The van der Waals surface area contributed by atoms with Crippen LogP contribution in [-0.2, 0) is 10.5 Å². The SMILES string of the molecule is NC(CO)C(O)(OC(=O)c1ccccc1)c1ccccc1. The second kappa shape index (κ2) is 6.49. The molecule has 0 saturated carbocycles. The maximum Gasteiger partial charge on any atom is 0.340 e. The van der Waals surface area contributed by atoms with Crippen molar-refractivity contribution in [1.29, 1.82) is 0 Å². The van der Waals surface area contributed by atoms with E-state index in [1.165, 1.54) is 0 Å². The van der Waals surface area contributed by atoms with Crippen molar-refractivity contribution in [2.24, 2.45) is 5.73 Å². The Morgan fingerprint density at radius 3 is 2.14 bits per heavy atom. The third kappa shape index (κ3) is 3.28. The van der Waals surface area contributed by atoms with Gasteiger partial charge in [0.2, 0.25) is 0 Å². The fourth-order valence-electron chi connectivity index (χ4n) is 1.92. The Labute approximate surface area is 122 Å². The van der Waals surface area contributed by atoms with Gasteiger partial charge in [0.05, 0.1) is 18.2 Å². The predicted molar refractivity (Wildman–Crippen MR) is 77.3 cm³/mol. The Balaban J connectivity index is 2.32. The number of carbonyl (C=O) groups is 1. The van der Waals surface area contributed by atoms with Crippen LogP contribution < -0.4 is 5.73 Å². The van der Waals surface area contributed by atoms with E-state index in [4.69, 9.17) is 10.5 Å². The molecule has 0 aliphatic rings. The zero-order valence-corrected chi connectivity index (χ0v) is 11.3. The molecule has 0 aliphatic heterocycles. The summed E-state index contributed by atoms with van der Waals surface area (Å²) in [4.78, 5) is 12.1. The largest absolute Gasteiger partial charge is 0.423 e. The number of benzene rings is 2. The van der Waals surface area contributed by atoms with Crippen LogP contribution in [0.1, 0.15) is 15.9 Å². The molecule has 21 heavy (non-hydrogen) atoms. The summed E-state index contributed by atoms with van der Waals surface area (Å²) in [6, 6.07) is 15.4. The first-order chi connectivity index (χ1) is 10.1. The van der Waals surface area contributed by atoms with Gasteiger partial charge < -0.3 is 20.7 Å². The number of hydrogen-bond donors (Lipinski definition) is 3. The lowest BCUT2D eigenvalue weighted by atomic mass is 9.98. The first kappa shape index (κ1) is 15.2. The van der Waals surface area contributed by atoms with Crippen molar-refractivity contribution in [3.05, 3.63) is 71.8 Å². The van der Waals surface area contributed by atoms with Gasteiger partial charge in [-0.05, 0) is 12.1 Å². The maximum atomic E-state index is 12.1. The van der Waals surface area contributed by atoms with Crippen molar-refractivity contribution in [1.82, 2.24) is 0 Å². The highest BCUT2D eigenvalue weighted by atomic mass is 16.7. The standard InChI is InChI=1S/C16H17NO4/c17-14(11-18)16(20,13-9-5-2-6-10-13)21-15(19)12-7-3-1-4-8-12/h1-10,14,18,20H,11,17H2. The third-order valence-electron chi connectivity index (χ3n) is 3.14. The molecule has 0 aliphatic carbocycles. The van der Waals surface area contributed by atoms with Crippen molar-refractivity contribution in [3.63, 3.8) is 0 Å². The smallest absolute Gasteiger partial charge is 0.340 e. The minimum Gasteiger partial charge on any atom is -0.423 e. The summed E-state index contributed by atoms with van der Waals surface area (Å²) in [5.74, 6) is -2.81.